The molecule has 26 heavy (non-hydrogen) atoms. The van der Waals surface area contributed by atoms with E-state index >= 15 is 0 Å². The van der Waals surface area contributed by atoms with Gasteiger partial charge in [-0.1, -0.05) is 25.1 Å². The fourth-order valence-corrected chi connectivity index (χ4v) is 2.78. The number of nitrogens with zero attached hydrogens (tertiary/aromatic N) is 3. The van der Waals surface area contributed by atoms with Crippen LogP contribution in [-0.2, 0) is 23.3 Å². The SMILES string of the molecule is CC(C)Cc1noc(CN2C(=O)NC(C)(c3ccc(F)c(F)c3)C2=O)n1. The number of halogens is 2. The lowest BCUT2D eigenvalue weighted by Gasteiger charge is -2.22. The summed E-state index contributed by atoms with van der Waals surface area (Å²) >= 11 is 0. The first kappa shape index (κ1) is 18.0. The quantitative estimate of drug-likeness (QED) is 0.824. The zero-order valence-electron chi connectivity index (χ0n) is 14.5. The highest BCUT2D eigenvalue weighted by Crippen LogP contribution is 2.30. The van der Waals surface area contributed by atoms with Crippen molar-refractivity contribution in [2.24, 2.45) is 5.92 Å². The predicted octanol–water partition coefficient (Wildman–Crippen LogP) is 2.51. The third-order valence-electron chi connectivity index (χ3n) is 4.17. The Bertz CT molecular complexity index is 867. The summed E-state index contributed by atoms with van der Waals surface area (Å²) in [5.41, 5.74) is -1.37. The normalized spacial score (nSPS) is 20.2. The molecule has 138 valence electrons. The Balaban J connectivity index is 1.82. The molecule has 1 N–H and O–H groups in total. The molecule has 0 bridgehead atoms. The number of rotatable bonds is 5. The highest BCUT2D eigenvalue weighted by Gasteiger charge is 2.49. The van der Waals surface area contributed by atoms with Crippen molar-refractivity contribution in [2.45, 2.75) is 39.3 Å². The summed E-state index contributed by atoms with van der Waals surface area (Å²) in [6.07, 6.45) is 0.607. The lowest BCUT2D eigenvalue weighted by Crippen LogP contribution is -2.41. The molecule has 2 aromatic rings. The van der Waals surface area contributed by atoms with E-state index in [-0.39, 0.29) is 18.0 Å². The Kier molecular flexibility index (Phi) is 4.47. The van der Waals surface area contributed by atoms with Crippen LogP contribution in [0, 0.1) is 17.6 Å². The Morgan fingerprint density at radius 1 is 1.27 bits per heavy atom. The molecule has 0 spiro atoms. The molecule has 1 atom stereocenters. The van der Waals surface area contributed by atoms with E-state index < -0.39 is 29.1 Å². The maximum absolute atomic E-state index is 13.5. The molecule has 3 rings (SSSR count). The van der Waals surface area contributed by atoms with Crippen LogP contribution in [0.25, 0.3) is 0 Å². The molecule has 0 aliphatic carbocycles. The van der Waals surface area contributed by atoms with Gasteiger partial charge in [-0.3, -0.25) is 9.69 Å². The summed E-state index contributed by atoms with van der Waals surface area (Å²) in [4.78, 5) is 30.1. The summed E-state index contributed by atoms with van der Waals surface area (Å²) in [6, 6.07) is 2.39. The number of carbonyl (C=O) groups excluding carboxylic acids is 2. The molecule has 0 radical (unpaired) electrons. The van der Waals surface area contributed by atoms with Crippen LogP contribution in [0.4, 0.5) is 13.6 Å². The second kappa shape index (κ2) is 6.47. The molecule has 2 heterocycles. The Morgan fingerprint density at radius 2 is 2.00 bits per heavy atom. The number of aromatic nitrogens is 2. The van der Waals surface area contributed by atoms with Crippen LogP contribution < -0.4 is 5.32 Å². The van der Waals surface area contributed by atoms with Crippen molar-refractivity contribution in [3.05, 3.63) is 47.1 Å². The van der Waals surface area contributed by atoms with Crippen molar-refractivity contribution in [1.29, 1.82) is 0 Å². The first-order valence-electron chi connectivity index (χ1n) is 8.12. The fraction of sp³-hybridized carbons (Fsp3) is 0.412. The van der Waals surface area contributed by atoms with E-state index in [1.165, 1.54) is 13.0 Å². The number of nitrogens with one attached hydrogen (secondary N) is 1. The van der Waals surface area contributed by atoms with E-state index in [2.05, 4.69) is 15.5 Å². The zero-order chi connectivity index (χ0) is 19.1. The number of benzene rings is 1. The average molecular weight is 364 g/mol. The van der Waals surface area contributed by atoms with Gasteiger partial charge >= 0.3 is 6.03 Å². The van der Waals surface area contributed by atoms with Crippen molar-refractivity contribution in [3.8, 4) is 0 Å². The molecule has 1 aliphatic heterocycles. The van der Waals surface area contributed by atoms with Gasteiger partial charge in [0.1, 0.15) is 12.1 Å². The zero-order valence-corrected chi connectivity index (χ0v) is 14.5. The highest BCUT2D eigenvalue weighted by atomic mass is 19.2. The molecule has 3 amide bonds. The topological polar surface area (TPSA) is 88.3 Å². The number of hydrogen-bond acceptors (Lipinski definition) is 5. The second-order valence-corrected chi connectivity index (χ2v) is 6.78. The smallest absolute Gasteiger partial charge is 0.325 e. The summed E-state index contributed by atoms with van der Waals surface area (Å²) < 4.78 is 31.8. The number of carbonyl (C=O) groups is 2. The van der Waals surface area contributed by atoms with Gasteiger partial charge in [-0.05, 0) is 30.5 Å². The van der Waals surface area contributed by atoms with E-state index in [0.717, 1.165) is 17.0 Å². The van der Waals surface area contributed by atoms with Crippen LogP contribution in [0.2, 0.25) is 0 Å². The fourth-order valence-electron chi connectivity index (χ4n) is 2.78. The van der Waals surface area contributed by atoms with Crippen LogP contribution in [0.1, 0.15) is 38.0 Å². The maximum Gasteiger partial charge on any atom is 0.325 e. The van der Waals surface area contributed by atoms with Gasteiger partial charge in [0, 0.05) is 6.42 Å². The largest absolute Gasteiger partial charge is 0.337 e. The first-order chi connectivity index (χ1) is 12.2. The number of urea groups is 1. The van der Waals surface area contributed by atoms with E-state index in [0.29, 0.717) is 18.2 Å². The predicted molar refractivity (Wildman–Crippen MR) is 85.6 cm³/mol. The van der Waals surface area contributed by atoms with Crippen LogP contribution in [0.15, 0.2) is 22.7 Å². The molecule has 1 aliphatic rings. The van der Waals surface area contributed by atoms with Gasteiger partial charge in [-0.2, -0.15) is 4.98 Å². The first-order valence-corrected chi connectivity index (χ1v) is 8.12. The van der Waals surface area contributed by atoms with Gasteiger partial charge in [-0.15, -0.1) is 0 Å². The third kappa shape index (κ3) is 3.16. The van der Waals surface area contributed by atoms with Gasteiger partial charge < -0.3 is 9.84 Å². The summed E-state index contributed by atoms with van der Waals surface area (Å²) in [6.45, 7) is 5.23. The Hall–Kier alpha value is -2.84. The maximum atomic E-state index is 13.5. The van der Waals surface area contributed by atoms with E-state index in [1.807, 2.05) is 13.8 Å². The molecule has 0 saturated carbocycles. The van der Waals surface area contributed by atoms with Crippen molar-refractivity contribution in [1.82, 2.24) is 20.4 Å². The number of imide groups is 1. The standard InChI is InChI=1S/C17H18F2N4O3/c1-9(2)6-13-20-14(26-22-13)8-23-15(24)17(3,21-16(23)25)10-4-5-11(18)12(19)7-10/h4-5,7,9H,6,8H2,1-3H3,(H,21,25). The molecule has 9 heteroatoms. The minimum Gasteiger partial charge on any atom is -0.337 e. The minimum atomic E-state index is -1.51. The summed E-state index contributed by atoms with van der Waals surface area (Å²) in [5, 5.41) is 6.33. The number of hydrogen-bond donors (Lipinski definition) is 1. The highest BCUT2D eigenvalue weighted by molar-refractivity contribution is 6.07. The van der Waals surface area contributed by atoms with Gasteiger partial charge in [-0.25, -0.2) is 13.6 Å². The van der Waals surface area contributed by atoms with Gasteiger partial charge in [0.25, 0.3) is 5.91 Å². The van der Waals surface area contributed by atoms with E-state index in [9.17, 15) is 18.4 Å². The molecule has 1 unspecified atom stereocenters. The van der Waals surface area contributed by atoms with Crippen molar-refractivity contribution in [3.63, 3.8) is 0 Å². The molecule has 1 fully saturated rings. The molecule has 1 saturated heterocycles. The Labute approximate surface area is 148 Å². The second-order valence-electron chi connectivity index (χ2n) is 6.78. The molecular formula is C17H18F2N4O3. The average Bonchev–Trinajstić information content (AvgIpc) is 3.08. The monoisotopic (exact) mass is 364 g/mol. The van der Waals surface area contributed by atoms with Crippen molar-refractivity contribution < 1.29 is 22.9 Å². The van der Waals surface area contributed by atoms with Crippen molar-refractivity contribution in [2.75, 3.05) is 0 Å². The molecule has 1 aromatic heterocycles. The van der Waals surface area contributed by atoms with Crippen LogP contribution in [-0.4, -0.2) is 27.0 Å². The Morgan fingerprint density at radius 3 is 2.65 bits per heavy atom. The lowest BCUT2D eigenvalue weighted by molar-refractivity contribution is -0.131. The lowest BCUT2D eigenvalue weighted by atomic mass is 9.92. The van der Waals surface area contributed by atoms with Gasteiger partial charge in [0.2, 0.25) is 5.89 Å². The van der Waals surface area contributed by atoms with Gasteiger partial charge in [0.05, 0.1) is 0 Å². The van der Waals surface area contributed by atoms with Crippen LogP contribution in [0.5, 0.6) is 0 Å². The summed E-state index contributed by atoms with van der Waals surface area (Å²) in [7, 11) is 0. The molecule has 7 nitrogen and oxygen atoms in total. The van der Waals surface area contributed by atoms with Crippen LogP contribution in [0.3, 0.4) is 0 Å². The minimum absolute atomic E-state index is 0.124. The third-order valence-corrected chi connectivity index (χ3v) is 4.17. The van der Waals surface area contributed by atoms with E-state index in [4.69, 9.17) is 4.52 Å². The van der Waals surface area contributed by atoms with Crippen molar-refractivity contribution >= 4 is 11.9 Å². The van der Waals surface area contributed by atoms with Crippen LogP contribution >= 0.6 is 0 Å². The van der Waals surface area contributed by atoms with Gasteiger partial charge in [0.15, 0.2) is 17.5 Å². The molecule has 1 aromatic carbocycles. The molecular weight excluding hydrogens is 346 g/mol. The summed E-state index contributed by atoms with van der Waals surface area (Å²) in [5.74, 6) is -1.80. The van der Waals surface area contributed by atoms with E-state index in [1.54, 1.807) is 0 Å². The number of amides is 3.